The fourth-order valence-electron chi connectivity index (χ4n) is 3.31. The molecule has 0 spiro atoms. The van der Waals surface area contributed by atoms with Crippen molar-refractivity contribution in [2.75, 3.05) is 36.8 Å². The molecular weight excluding hydrogens is 402 g/mol. The minimum Gasteiger partial charge on any atom is -0.389 e. The van der Waals surface area contributed by atoms with Gasteiger partial charge in [-0.1, -0.05) is 35.5 Å². The monoisotopic (exact) mass is 423 g/mol. The summed E-state index contributed by atoms with van der Waals surface area (Å²) in [7, 11) is 0. The van der Waals surface area contributed by atoms with E-state index >= 15 is 0 Å². The highest BCUT2D eigenvalue weighted by atomic mass is 16.6. The van der Waals surface area contributed by atoms with Gasteiger partial charge in [-0.15, -0.1) is 0 Å². The lowest BCUT2D eigenvalue weighted by Crippen LogP contribution is -2.49. The molecule has 160 valence electrons. The first kappa shape index (κ1) is 20.1. The van der Waals surface area contributed by atoms with Crippen LogP contribution >= 0.6 is 0 Å². The largest absolute Gasteiger partial charge is 0.389 e. The van der Waals surface area contributed by atoms with Gasteiger partial charge in [0.25, 0.3) is 5.69 Å². The highest BCUT2D eigenvalue weighted by Gasteiger charge is 2.26. The Balaban J connectivity index is 1.45. The van der Waals surface area contributed by atoms with Gasteiger partial charge >= 0.3 is 0 Å². The van der Waals surface area contributed by atoms with Crippen LogP contribution in [0.1, 0.15) is 11.3 Å². The number of non-ortho nitro benzene ring substituents is 1. The minimum absolute atomic E-state index is 0.0707. The van der Waals surface area contributed by atoms with Gasteiger partial charge in [-0.25, -0.2) is 4.63 Å². The molecule has 0 saturated carbocycles. The lowest BCUT2D eigenvalue weighted by atomic mass is 10.2. The first-order chi connectivity index (χ1) is 15.1. The summed E-state index contributed by atoms with van der Waals surface area (Å²) in [6, 6.07) is 16.2. The summed E-state index contributed by atoms with van der Waals surface area (Å²) < 4.78 is 4.75. The number of nitrogens with zero attached hydrogens (tertiary/aromatic N) is 6. The Morgan fingerprint density at radius 1 is 1.10 bits per heavy atom. The summed E-state index contributed by atoms with van der Waals surface area (Å²) in [6.45, 7) is 2.91. The van der Waals surface area contributed by atoms with Crippen molar-refractivity contribution in [3.63, 3.8) is 0 Å². The van der Waals surface area contributed by atoms with Gasteiger partial charge in [0, 0.05) is 44.0 Å². The summed E-state index contributed by atoms with van der Waals surface area (Å²) in [5, 5.41) is 22.7. The molecule has 1 aromatic heterocycles. The Bertz CT molecular complexity index is 1040. The van der Waals surface area contributed by atoms with Gasteiger partial charge in [0.1, 0.15) is 6.61 Å². The predicted molar refractivity (Wildman–Crippen MR) is 113 cm³/mol. The van der Waals surface area contributed by atoms with Crippen LogP contribution in [-0.4, -0.2) is 52.2 Å². The SMILES string of the molecule is Nc1nonc1/C(=N/OCc1ccccc1)N1CCN(c2ccc([N+](=O)[O-])cc2)CC1. The van der Waals surface area contributed by atoms with Gasteiger partial charge in [0.05, 0.1) is 4.92 Å². The minimum atomic E-state index is -0.406. The number of nitrogen functional groups attached to an aromatic ring is 1. The van der Waals surface area contributed by atoms with Crippen LogP contribution < -0.4 is 10.6 Å². The third-order valence-electron chi connectivity index (χ3n) is 4.96. The van der Waals surface area contributed by atoms with Gasteiger partial charge in [0.15, 0.2) is 11.5 Å². The molecule has 31 heavy (non-hydrogen) atoms. The zero-order valence-electron chi connectivity index (χ0n) is 16.6. The van der Waals surface area contributed by atoms with Crippen LogP contribution in [0.25, 0.3) is 0 Å². The second-order valence-corrected chi connectivity index (χ2v) is 6.92. The number of amidine groups is 1. The van der Waals surface area contributed by atoms with Crippen molar-refractivity contribution in [1.29, 1.82) is 0 Å². The number of anilines is 2. The van der Waals surface area contributed by atoms with Crippen LogP contribution in [0.4, 0.5) is 17.2 Å². The molecule has 1 aliphatic rings. The topological polar surface area (TPSA) is 136 Å². The molecule has 1 saturated heterocycles. The van der Waals surface area contributed by atoms with Crippen molar-refractivity contribution in [1.82, 2.24) is 15.2 Å². The Morgan fingerprint density at radius 3 is 2.42 bits per heavy atom. The van der Waals surface area contributed by atoms with Gasteiger partial charge in [-0.05, 0) is 28.0 Å². The predicted octanol–water partition coefficient (Wildman–Crippen LogP) is 2.26. The molecule has 4 rings (SSSR count). The van der Waals surface area contributed by atoms with Crippen LogP contribution in [0.15, 0.2) is 64.4 Å². The van der Waals surface area contributed by atoms with Gasteiger partial charge in [0.2, 0.25) is 5.84 Å². The van der Waals surface area contributed by atoms with E-state index in [4.69, 9.17) is 15.2 Å². The number of nitrogens with two attached hydrogens (primary N) is 1. The maximum absolute atomic E-state index is 10.9. The average molecular weight is 423 g/mol. The summed E-state index contributed by atoms with van der Waals surface area (Å²) >= 11 is 0. The fourth-order valence-corrected chi connectivity index (χ4v) is 3.31. The molecular formula is C20H21N7O4. The van der Waals surface area contributed by atoms with E-state index in [-0.39, 0.29) is 11.5 Å². The van der Waals surface area contributed by atoms with E-state index in [9.17, 15) is 10.1 Å². The number of nitro benzene ring substituents is 1. The molecule has 2 heterocycles. The normalized spacial score (nSPS) is 14.5. The third kappa shape index (κ3) is 4.71. The number of piperazine rings is 1. The molecule has 0 bridgehead atoms. The molecule has 0 atom stereocenters. The molecule has 1 fully saturated rings. The van der Waals surface area contributed by atoms with E-state index in [1.807, 2.05) is 35.2 Å². The van der Waals surface area contributed by atoms with E-state index in [0.29, 0.717) is 44.3 Å². The van der Waals surface area contributed by atoms with Crippen molar-refractivity contribution >= 4 is 23.0 Å². The van der Waals surface area contributed by atoms with Crippen molar-refractivity contribution in [3.8, 4) is 0 Å². The molecule has 1 aliphatic heterocycles. The summed E-state index contributed by atoms with van der Waals surface area (Å²) in [5.41, 5.74) is 8.20. The van der Waals surface area contributed by atoms with Gasteiger partial charge in [-0.3, -0.25) is 10.1 Å². The quantitative estimate of drug-likeness (QED) is 0.274. The number of rotatable bonds is 6. The second-order valence-electron chi connectivity index (χ2n) is 6.92. The standard InChI is InChI=1S/C20H21N7O4/c21-19-18(22-31-23-19)20(24-30-14-15-4-2-1-3-5-15)26-12-10-25(11-13-26)16-6-8-17(9-7-16)27(28)29/h1-9H,10-14H2,(H2,21,23)/b24-20-. The number of aromatic nitrogens is 2. The Morgan fingerprint density at radius 2 is 1.81 bits per heavy atom. The smallest absolute Gasteiger partial charge is 0.269 e. The molecule has 3 aromatic rings. The van der Waals surface area contributed by atoms with E-state index in [2.05, 4.69) is 20.4 Å². The van der Waals surface area contributed by atoms with E-state index in [1.54, 1.807) is 12.1 Å². The van der Waals surface area contributed by atoms with Gasteiger partial charge in [-0.2, -0.15) is 0 Å². The fraction of sp³-hybridized carbons (Fsp3) is 0.250. The highest BCUT2D eigenvalue weighted by molar-refractivity contribution is 6.00. The lowest BCUT2D eigenvalue weighted by Gasteiger charge is -2.36. The molecule has 11 heteroatoms. The number of benzene rings is 2. The van der Waals surface area contributed by atoms with Crippen LogP contribution in [0, 0.1) is 10.1 Å². The van der Waals surface area contributed by atoms with Crippen LogP contribution in [0.2, 0.25) is 0 Å². The third-order valence-corrected chi connectivity index (χ3v) is 4.96. The second kappa shape index (κ2) is 9.11. The Labute approximate surface area is 177 Å². The van der Waals surface area contributed by atoms with E-state index < -0.39 is 4.92 Å². The lowest BCUT2D eigenvalue weighted by molar-refractivity contribution is -0.384. The van der Waals surface area contributed by atoms with E-state index in [0.717, 1.165) is 11.3 Å². The number of nitro groups is 1. The van der Waals surface area contributed by atoms with E-state index in [1.165, 1.54) is 12.1 Å². The number of hydrogen-bond donors (Lipinski definition) is 1. The Hall–Kier alpha value is -4.15. The summed E-state index contributed by atoms with van der Waals surface area (Å²) in [4.78, 5) is 20.2. The van der Waals surface area contributed by atoms with Crippen molar-refractivity contribution < 1.29 is 14.4 Å². The van der Waals surface area contributed by atoms with Crippen molar-refractivity contribution in [2.45, 2.75) is 6.61 Å². The van der Waals surface area contributed by atoms with Crippen LogP contribution in [-0.2, 0) is 11.4 Å². The molecule has 0 amide bonds. The highest BCUT2D eigenvalue weighted by Crippen LogP contribution is 2.22. The average Bonchev–Trinajstić information content (AvgIpc) is 3.23. The number of oxime groups is 1. The molecule has 11 nitrogen and oxygen atoms in total. The first-order valence-electron chi connectivity index (χ1n) is 9.68. The van der Waals surface area contributed by atoms with Crippen LogP contribution in [0.3, 0.4) is 0 Å². The number of hydrogen-bond acceptors (Lipinski definition) is 9. The molecule has 2 N–H and O–H groups in total. The zero-order chi connectivity index (χ0) is 21.6. The maximum Gasteiger partial charge on any atom is 0.269 e. The van der Waals surface area contributed by atoms with Crippen molar-refractivity contribution in [3.05, 3.63) is 76.0 Å². The van der Waals surface area contributed by atoms with Crippen LogP contribution in [0.5, 0.6) is 0 Å². The molecule has 0 aliphatic carbocycles. The molecule has 2 aromatic carbocycles. The van der Waals surface area contributed by atoms with Gasteiger partial charge < -0.3 is 20.4 Å². The Kier molecular flexibility index (Phi) is 5.92. The molecule has 0 unspecified atom stereocenters. The first-order valence-corrected chi connectivity index (χ1v) is 9.68. The summed E-state index contributed by atoms with van der Waals surface area (Å²) in [6.07, 6.45) is 0. The zero-order valence-corrected chi connectivity index (χ0v) is 16.6. The molecule has 0 radical (unpaired) electrons. The summed E-state index contributed by atoms with van der Waals surface area (Å²) in [5.74, 6) is 0.595. The van der Waals surface area contributed by atoms with Crippen molar-refractivity contribution in [2.24, 2.45) is 5.16 Å². The maximum atomic E-state index is 10.9.